The van der Waals surface area contributed by atoms with Crippen LogP contribution in [0, 0.1) is 0 Å². The van der Waals surface area contributed by atoms with E-state index in [2.05, 4.69) is 0 Å². The number of carbonyl (C=O) groups excluding carboxylic acids is 1. The highest BCUT2D eigenvalue weighted by atomic mass is 32.2. The first-order valence-electron chi connectivity index (χ1n) is 5.53. The summed E-state index contributed by atoms with van der Waals surface area (Å²) in [4.78, 5) is 23.9. The van der Waals surface area contributed by atoms with E-state index in [4.69, 9.17) is 5.11 Å². The molecule has 0 aromatic rings. The van der Waals surface area contributed by atoms with Gasteiger partial charge in [-0.2, -0.15) is 0 Å². The molecule has 17 heavy (non-hydrogen) atoms. The molecule has 0 heterocycles. The van der Waals surface area contributed by atoms with Crippen LogP contribution in [0.1, 0.15) is 26.7 Å². The van der Waals surface area contributed by atoms with Crippen LogP contribution in [0.3, 0.4) is 0 Å². The zero-order chi connectivity index (χ0) is 13.2. The molecule has 0 aliphatic heterocycles. The third kappa shape index (κ3) is 3.42. The van der Waals surface area contributed by atoms with Crippen LogP contribution in [0.2, 0.25) is 0 Å². The molecule has 1 aliphatic rings. The van der Waals surface area contributed by atoms with Gasteiger partial charge in [0.25, 0.3) is 0 Å². The smallest absolute Gasteiger partial charge is 0.321 e. The minimum Gasteiger partial charge on any atom is -0.480 e. The molecule has 1 aliphatic carbocycles. The predicted octanol–water partition coefficient (Wildman–Crippen LogP) is -0.115. The molecule has 6 nitrogen and oxygen atoms in total. The molecule has 0 saturated heterocycles. The molecule has 1 unspecified atom stereocenters. The van der Waals surface area contributed by atoms with Crippen LogP contribution < -0.4 is 0 Å². The lowest BCUT2D eigenvalue weighted by Gasteiger charge is -2.20. The summed E-state index contributed by atoms with van der Waals surface area (Å²) in [7, 11) is -3.91. The van der Waals surface area contributed by atoms with Crippen molar-refractivity contribution in [1.29, 1.82) is 0 Å². The first-order valence-corrected chi connectivity index (χ1v) is 7.25. The van der Waals surface area contributed by atoms with Gasteiger partial charge in [0.05, 0.1) is 0 Å². The molecule has 0 spiro atoms. The summed E-state index contributed by atoms with van der Waals surface area (Å²) in [5, 5.41) is 7.11. The molecule has 7 heteroatoms. The molecule has 1 rings (SSSR count). The van der Waals surface area contributed by atoms with E-state index in [1.54, 1.807) is 6.92 Å². The maximum Gasteiger partial charge on any atom is 0.321 e. The fourth-order valence-electron chi connectivity index (χ4n) is 1.56. The van der Waals surface area contributed by atoms with E-state index in [-0.39, 0.29) is 6.04 Å². The Labute approximate surface area is 101 Å². The first-order chi connectivity index (χ1) is 7.79. The Hall–Kier alpha value is -1.11. The van der Waals surface area contributed by atoms with Crippen molar-refractivity contribution in [1.82, 2.24) is 4.90 Å². The monoisotopic (exact) mass is 263 g/mol. The van der Waals surface area contributed by atoms with Gasteiger partial charge in [-0.15, -0.1) is 0 Å². The highest BCUT2D eigenvalue weighted by Crippen LogP contribution is 2.26. The van der Waals surface area contributed by atoms with Gasteiger partial charge in [0.1, 0.15) is 5.75 Å². The third-order valence-electron chi connectivity index (χ3n) is 2.86. The number of nitrogens with zero attached hydrogens (tertiary/aromatic N) is 1. The standard InChI is InChI=1S/C10H17NO5S/c1-3-11(8-4-5-8)9(12)6-17(15,16)7(2)10(13)14/h7-8H,3-6H2,1-2H3,(H,13,14). The molecule has 1 amide bonds. The zero-order valence-corrected chi connectivity index (χ0v) is 10.7. The summed E-state index contributed by atoms with van der Waals surface area (Å²) >= 11 is 0. The second kappa shape index (κ2) is 5.03. The maximum absolute atomic E-state index is 11.8. The van der Waals surface area contributed by atoms with Crippen LogP contribution in [0.15, 0.2) is 0 Å². The SMILES string of the molecule is CCN(C(=O)CS(=O)(=O)C(C)C(=O)O)C1CC1. The zero-order valence-electron chi connectivity index (χ0n) is 9.92. The van der Waals surface area contributed by atoms with Crippen molar-refractivity contribution in [3.05, 3.63) is 0 Å². The molecule has 0 aromatic heterocycles. The topological polar surface area (TPSA) is 91.8 Å². The minimum atomic E-state index is -3.91. The molecule has 0 bridgehead atoms. The number of rotatable bonds is 6. The van der Waals surface area contributed by atoms with Crippen LogP contribution in [0.25, 0.3) is 0 Å². The molecule has 0 aromatic carbocycles. The summed E-state index contributed by atoms with van der Waals surface area (Å²) in [6, 6.07) is 0.142. The lowest BCUT2D eigenvalue weighted by Crippen LogP contribution is -2.40. The van der Waals surface area contributed by atoms with Gasteiger partial charge in [-0.05, 0) is 26.7 Å². The fraction of sp³-hybridized carbons (Fsp3) is 0.800. The van der Waals surface area contributed by atoms with Crippen molar-refractivity contribution in [2.24, 2.45) is 0 Å². The molecule has 1 saturated carbocycles. The van der Waals surface area contributed by atoms with E-state index in [0.29, 0.717) is 6.54 Å². The number of carboxylic acid groups (broad SMARTS) is 1. The lowest BCUT2D eigenvalue weighted by atomic mass is 10.4. The first kappa shape index (κ1) is 14.0. The molecular weight excluding hydrogens is 246 g/mol. The molecule has 98 valence electrons. The number of sulfone groups is 1. The van der Waals surface area contributed by atoms with Crippen LogP contribution in [-0.4, -0.2) is 53.9 Å². The summed E-state index contributed by atoms with van der Waals surface area (Å²) < 4.78 is 23.2. The molecule has 1 fully saturated rings. The Morgan fingerprint density at radius 2 is 1.94 bits per heavy atom. The largest absolute Gasteiger partial charge is 0.480 e. The van der Waals surface area contributed by atoms with Gasteiger partial charge in [0.15, 0.2) is 15.1 Å². The van der Waals surface area contributed by atoms with Crippen LogP contribution in [-0.2, 0) is 19.4 Å². The van der Waals surface area contributed by atoms with E-state index < -0.39 is 32.7 Å². The van der Waals surface area contributed by atoms with Crippen molar-refractivity contribution in [3.63, 3.8) is 0 Å². The quantitative estimate of drug-likeness (QED) is 0.721. The maximum atomic E-state index is 11.8. The number of amides is 1. The molecular formula is C10H17NO5S. The summed E-state index contributed by atoms with van der Waals surface area (Å²) in [6.07, 6.45) is 1.79. The second-order valence-corrected chi connectivity index (χ2v) is 6.52. The number of carbonyl (C=O) groups is 2. The van der Waals surface area contributed by atoms with Gasteiger partial charge in [0, 0.05) is 12.6 Å². The second-order valence-electron chi connectivity index (χ2n) is 4.20. The highest BCUT2D eigenvalue weighted by molar-refractivity contribution is 7.93. The molecule has 1 atom stereocenters. The number of carboxylic acids is 1. The molecule has 0 radical (unpaired) electrons. The number of hydrogen-bond donors (Lipinski definition) is 1. The third-order valence-corrected chi connectivity index (χ3v) is 4.79. The number of aliphatic carboxylic acids is 1. The predicted molar refractivity (Wildman–Crippen MR) is 61.3 cm³/mol. The average molecular weight is 263 g/mol. The minimum absolute atomic E-state index is 0.142. The van der Waals surface area contributed by atoms with Crippen molar-refractivity contribution >= 4 is 21.7 Å². The van der Waals surface area contributed by atoms with Crippen molar-refractivity contribution in [2.45, 2.75) is 38.0 Å². The van der Waals surface area contributed by atoms with E-state index in [1.807, 2.05) is 0 Å². The van der Waals surface area contributed by atoms with Crippen LogP contribution in [0.5, 0.6) is 0 Å². The number of hydrogen-bond acceptors (Lipinski definition) is 4. The van der Waals surface area contributed by atoms with Crippen LogP contribution in [0.4, 0.5) is 0 Å². The summed E-state index contributed by atoms with van der Waals surface area (Å²) in [5.41, 5.74) is 0. The fourth-order valence-corrected chi connectivity index (χ4v) is 2.63. The summed E-state index contributed by atoms with van der Waals surface area (Å²) in [5.74, 6) is -2.64. The molecule has 1 N–H and O–H groups in total. The summed E-state index contributed by atoms with van der Waals surface area (Å²) in [6.45, 7) is 3.32. The van der Waals surface area contributed by atoms with Gasteiger partial charge in [-0.25, -0.2) is 8.42 Å². The van der Waals surface area contributed by atoms with Gasteiger partial charge < -0.3 is 10.0 Å². The van der Waals surface area contributed by atoms with Gasteiger partial charge >= 0.3 is 5.97 Å². The van der Waals surface area contributed by atoms with E-state index in [1.165, 1.54) is 4.90 Å². The van der Waals surface area contributed by atoms with E-state index >= 15 is 0 Å². The Bertz CT molecular complexity index is 412. The van der Waals surface area contributed by atoms with Crippen molar-refractivity contribution in [2.75, 3.05) is 12.3 Å². The highest BCUT2D eigenvalue weighted by Gasteiger charge is 2.36. The lowest BCUT2D eigenvalue weighted by molar-refractivity contribution is -0.136. The normalized spacial score (nSPS) is 17.5. The van der Waals surface area contributed by atoms with Gasteiger partial charge in [-0.3, -0.25) is 9.59 Å². The Kier molecular flexibility index (Phi) is 4.13. The Balaban J connectivity index is 2.69. The average Bonchev–Trinajstić information content (AvgIpc) is 3.00. The van der Waals surface area contributed by atoms with Crippen molar-refractivity contribution in [3.8, 4) is 0 Å². The Morgan fingerprint density at radius 1 is 1.41 bits per heavy atom. The van der Waals surface area contributed by atoms with Gasteiger partial charge in [-0.1, -0.05) is 0 Å². The van der Waals surface area contributed by atoms with E-state index in [9.17, 15) is 18.0 Å². The van der Waals surface area contributed by atoms with Gasteiger partial charge in [0.2, 0.25) is 5.91 Å². The van der Waals surface area contributed by atoms with Crippen LogP contribution >= 0.6 is 0 Å². The van der Waals surface area contributed by atoms with E-state index in [0.717, 1.165) is 19.8 Å². The van der Waals surface area contributed by atoms with Crippen molar-refractivity contribution < 1.29 is 23.1 Å². The Morgan fingerprint density at radius 3 is 2.29 bits per heavy atom.